The van der Waals surface area contributed by atoms with Gasteiger partial charge in [-0.3, -0.25) is 4.79 Å². The van der Waals surface area contributed by atoms with Crippen molar-refractivity contribution in [2.75, 3.05) is 26.7 Å². The molecular weight excluding hydrogens is 280 g/mol. The predicted molar refractivity (Wildman–Crippen MR) is 75.4 cm³/mol. The minimum Gasteiger partial charge on any atom is -0.481 e. The summed E-state index contributed by atoms with van der Waals surface area (Å²) in [6, 6.07) is 0. The Bertz CT molecular complexity index is 475. The van der Waals surface area contributed by atoms with Gasteiger partial charge in [0, 0.05) is 33.1 Å². The molecule has 0 amide bonds. The zero-order valence-electron chi connectivity index (χ0n) is 12.4. The van der Waals surface area contributed by atoms with Crippen molar-refractivity contribution in [2.24, 2.45) is 17.3 Å². The molecule has 20 heavy (non-hydrogen) atoms. The van der Waals surface area contributed by atoms with Gasteiger partial charge in [0.05, 0.1) is 0 Å². The van der Waals surface area contributed by atoms with Gasteiger partial charge in [-0.1, -0.05) is 13.8 Å². The van der Waals surface area contributed by atoms with Crippen LogP contribution >= 0.6 is 0 Å². The molecule has 6 nitrogen and oxygen atoms in total. The van der Waals surface area contributed by atoms with Crippen LogP contribution in [0.4, 0.5) is 0 Å². The minimum atomic E-state index is -3.33. The lowest BCUT2D eigenvalue weighted by atomic mass is 9.58. The normalized spacial score (nSPS) is 23.1. The number of aliphatic carboxylic acids is 1. The average molecular weight is 304 g/mol. The van der Waals surface area contributed by atoms with Crippen molar-refractivity contribution in [3.8, 4) is 0 Å². The van der Waals surface area contributed by atoms with E-state index in [1.165, 1.54) is 8.61 Å². The molecule has 0 aromatic carbocycles. The van der Waals surface area contributed by atoms with Crippen LogP contribution in [0.1, 0.15) is 33.1 Å². The summed E-state index contributed by atoms with van der Waals surface area (Å²) in [5, 5.41) is 8.73. The molecule has 1 aliphatic heterocycles. The third kappa shape index (κ3) is 2.99. The lowest BCUT2D eigenvalue weighted by Gasteiger charge is -2.58. The first kappa shape index (κ1) is 15.7. The Morgan fingerprint density at radius 3 is 2.40 bits per heavy atom. The molecular formula is C13H24N2O4S. The number of carboxylic acids is 1. The number of rotatable bonds is 6. The molecule has 0 aromatic rings. The fourth-order valence-corrected chi connectivity index (χ4v) is 5.24. The van der Waals surface area contributed by atoms with E-state index in [0.717, 1.165) is 12.8 Å². The van der Waals surface area contributed by atoms with Gasteiger partial charge in [0.2, 0.25) is 0 Å². The number of nitrogens with zero attached hydrogens (tertiary/aromatic N) is 2. The fourth-order valence-electron chi connectivity index (χ4n) is 3.49. The molecule has 116 valence electrons. The van der Waals surface area contributed by atoms with E-state index < -0.39 is 16.2 Å². The predicted octanol–water partition coefficient (Wildman–Crippen LogP) is 1.01. The second kappa shape index (κ2) is 5.27. The maximum atomic E-state index is 12.3. The van der Waals surface area contributed by atoms with E-state index in [1.807, 2.05) is 13.8 Å². The molecule has 0 unspecified atom stereocenters. The van der Waals surface area contributed by atoms with Crippen molar-refractivity contribution in [2.45, 2.75) is 33.1 Å². The van der Waals surface area contributed by atoms with E-state index in [4.69, 9.17) is 5.11 Å². The molecule has 1 N–H and O–H groups in total. The second-order valence-electron chi connectivity index (χ2n) is 6.82. The van der Waals surface area contributed by atoms with Crippen LogP contribution in [0.15, 0.2) is 0 Å². The summed E-state index contributed by atoms with van der Waals surface area (Å²) in [5.41, 5.74) is 0.0614. The standard InChI is InChI=1S/C13H24N2O4S/c1-10(2)7-14(3)20(18,19)15-8-13(9-15)5-11(6-13)4-12(16)17/h10-11H,4-9H2,1-3H3,(H,16,17). The highest BCUT2D eigenvalue weighted by Crippen LogP contribution is 2.53. The Morgan fingerprint density at radius 2 is 1.95 bits per heavy atom. The van der Waals surface area contributed by atoms with Gasteiger partial charge in [0.1, 0.15) is 0 Å². The number of carbonyl (C=O) groups is 1. The van der Waals surface area contributed by atoms with Gasteiger partial charge < -0.3 is 5.11 Å². The molecule has 0 radical (unpaired) electrons. The maximum absolute atomic E-state index is 12.3. The van der Waals surface area contributed by atoms with Gasteiger partial charge in [-0.05, 0) is 30.1 Å². The third-order valence-electron chi connectivity index (χ3n) is 4.27. The van der Waals surface area contributed by atoms with Gasteiger partial charge in [-0.2, -0.15) is 17.0 Å². The van der Waals surface area contributed by atoms with Crippen LogP contribution in [0.3, 0.4) is 0 Å². The van der Waals surface area contributed by atoms with Crippen LogP contribution in [0.25, 0.3) is 0 Å². The Morgan fingerprint density at radius 1 is 1.40 bits per heavy atom. The SMILES string of the molecule is CC(C)CN(C)S(=O)(=O)N1CC2(CC(CC(=O)O)C2)C1. The van der Waals surface area contributed by atoms with Crippen LogP contribution in [-0.2, 0) is 15.0 Å². The lowest BCUT2D eigenvalue weighted by Crippen LogP contribution is -2.65. The summed E-state index contributed by atoms with van der Waals surface area (Å²) >= 11 is 0. The van der Waals surface area contributed by atoms with Crippen LogP contribution < -0.4 is 0 Å². The Kier molecular flexibility index (Phi) is 4.15. The molecule has 0 aromatic heterocycles. The zero-order chi connectivity index (χ0) is 15.1. The summed E-state index contributed by atoms with van der Waals surface area (Å²) in [6.45, 7) is 5.60. The first-order valence-corrected chi connectivity index (χ1v) is 8.47. The van der Waals surface area contributed by atoms with Crippen LogP contribution in [0.2, 0.25) is 0 Å². The molecule has 1 spiro atoms. The van der Waals surface area contributed by atoms with Crippen molar-refractivity contribution < 1.29 is 18.3 Å². The highest BCUT2D eigenvalue weighted by molar-refractivity contribution is 7.86. The Balaban J connectivity index is 1.83. The fraction of sp³-hybridized carbons (Fsp3) is 0.923. The van der Waals surface area contributed by atoms with Gasteiger partial charge in [-0.15, -0.1) is 0 Å². The summed E-state index contributed by atoms with van der Waals surface area (Å²) in [5.74, 6) is -0.232. The van der Waals surface area contributed by atoms with Gasteiger partial charge in [0.25, 0.3) is 10.2 Å². The summed E-state index contributed by atoms with van der Waals surface area (Å²) in [7, 11) is -1.72. The molecule has 2 rings (SSSR count). The van der Waals surface area contributed by atoms with E-state index in [9.17, 15) is 13.2 Å². The quantitative estimate of drug-likeness (QED) is 0.794. The minimum absolute atomic E-state index is 0.0614. The van der Waals surface area contributed by atoms with Crippen molar-refractivity contribution in [1.82, 2.24) is 8.61 Å². The highest BCUT2D eigenvalue weighted by Gasteiger charge is 2.56. The van der Waals surface area contributed by atoms with Crippen LogP contribution in [0.5, 0.6) is 0 Å². The lowest BCUT2D eigenvalue weighted by molar-refractivity contribution is -0.142. The molecule has 2 aliphatic rings. The largest absolute Gasteiger partial charge is 0.481 e. The van der Waals surface area contributed by atoms with E-state index in [-0.39, 0.29) is 17.8 Å². The number of carboxylic acid groups (broad SMARTS) is 1. The molecule has 1 saturated carbocycles. The van der Waals surface area contributed by atoms with E-state index in [2.05, 4.69) is 0 Å². The second-order valence-corrected chi connectivity index (χ2v) is 8.86. The first-order valence-electron chi connectivity index (χ1n) is 7.08. The van der Waals surface area contributed by atoms with Crippen molar-refractivity contribution in [3.63, 3.8) is 0 Å². The van der Waals surface area contributed by atoms with E-state index in [0.29, 0.717) is 25.6 Å². The first-order chi connectivity index (χ1) is 9.14. The zero-order valence-corrected chi connectivity index (χ0v) is 13.2. The molecule has 7 heteroatoms. The van der Waals surface area contributed by atoms with Gasteiger partial charge in [-0.25, -0.2) is 0 Å². The monoisotopic (exact) mass is 304 g/mol. The highest BCUT2D eigenvalue weighted by atomic mass is 32.2. The van der Waals surface area contributed by atoms with E-state index >= 15 is 0 Å². The van der Waals surface area contributed by atoms with Crippen molar-refractivity contribution in [3.05, 3.63) is 0 Å². The molecule has 1 aliphatic carbocycles. The Labute approximate surface area is 120 Å². The molecule has 0 bridgehead atoms. The van der Waals surface area contributed by atoms with Crippen molar-refractivity contribution in [1.29, 1.82) is 0 Å². The van der Waals surface area contributed by atoms with Crippen LogP contribution in [0, 0.1) is 17.3 Å². The molecule has 1 heterocycles. The van der Waals surface area contributed by atoms with Crippen LogP contribution in [-0.4, -0.2) is 54.8 Å². The average Bonchev–Trinajstić information content (AvgIpc) is 2.17. The maximum Gasteiger partial charge on any atom is 0.303 e. The Hall–Kier alpha value is -0.660. The summed E-state index contributed by atoms with van der Waals surface area (Å²) in [6.07, 6.45) is 1.90. The summed E-state index contributed by atoms with van der Waals surface area (Å²) < 4.78 is 27.5. The number of hydrogen-bond donors (Lipinski definition) is 1. The summed E-state index contributed by atoms with van der Waals surface area (Å²) in [4.78, 5) is 10.6. The third-order valence-corrected chi connectivity index (χ3v) is 6.12. The van der Waals surface area contributed by atoms with Crippen molar-refractivity contribution >= 4 is 16.2 Å². The smallest absolute Gasteiger partial charge is 0.303 e. The topological polar surface area (TPSA) is 77.9 Å². The molecule has 2 fully saturated rings. The molecule has 0 atom stereocenters. The van der Waals surface area contributed by atoms with E-state index in [1.54, 1.807) is 7.05 Å². The molecule has 1 saturated heterocycles. The van der Waals surface area contributed by atoms with Gasteiger partial charge >= 0.3 is 5.97 Å². The number of hydrogen-bond acceptors (Lipinski definition) is 3. The van der Waals surface area contributed by atoms with Gasteiger partial charge in [0.15, 0.2) is 0 Å².